The Morgan fingerprint density at radius 2 is 1.22 bits per heavy atom. The lowest BCUT2D eigenvalue weighted by atomic mass is 9.92. The molecule has 0 heterocycles. The lowest BCUT2D eigenvalue weighted by molar-refractivity contribution is 0.0959. The fraction of sp³-hybridized carbons (Fsp3) is 0.231. The highest BCUT2D eigenvalue weighted by Crippen LogP contribution is 2.19. The molecule has 0 bridgehead atoms. The molecule has 0 aromatic heterocycles. The molecule has 0 spiro atoms. The van der Waals surface area contributed by atoms with Crippen molar-refractivity contribution in [3.8, 4) is 0 Å². The van der Waals surface area contributed by atoms with Gasteiger partial charge in [0.05, 0.1) is 5.56 Å². The quantitative estimate of drug-likeness (QED) is 0.813. The SMILES string of the molecule is CC(=O)c1cc(C(C)=O)c(C(N)=O)c(C(C)=O)c1. The average Bonchev–Trinajstić information content (AvgIpc) is 2.26. The van der Waals surface area contributed by atoms with Crippen molar-refractivity contribution in [2.24, 2.45) is 5.73 Å². The number of hydrogen-bond acceptors (Lipinski definition) is 4. The standard InChI is InChI=1S/C13H13NO4/c1-6(15)9-4-10(7(2)16)12(13(14)18)11(5-9)8(3)17/h4-5H,1-3H3,(H2,14,18). The minimum absolute atomic E-state index is 0.000370. The van der Waals surface area contributed by atoms with Gasteiger partial charge in [0.15, 0.2) is 17.3 Å². The topological polar surface area (TPSA) is 94.3 Å². The zero-order chi connectivity index (χ0) is 14.0. The van der Waals surface area contributed by atoms with Crippen LogP contribution in [0.2, 0.25) is 0 Å². The van der Waals surface area contributed by atoms with E-state index in [0.29, 0.717) is 0 Å². The fourth-order valence-electron chi connectivity index (χ4n) is 1.67. The van der Waals surface area contributed by atoms with Gasteiger partial charge in [-0.05, 0) is 32.9 Å². The molecular weight excluding hydrogens is 234 g/mol. The van der Waals surface area contributed by atoms with Crippen LogP contribution in [0.3, 0.4) is 0 Å². The average molecular weight is 247 g/mol. The van der Waals surface area contributed by atoms with Gasteiger partial charge in [-0.15, -0.1) is 0 Å². The zero-order valence-corrected chi connectivity index (χ0v) is 10.4. The maximum atomic E-state index is 11.5. The Kier molecular flexibility index (Phi) is 3.76. The van der Waals surface area contributed by atoms with Crippen molar-refractivity contribution in [3.63, 3.8) is 0 Å². The maximum absolute atomic E-state index is 11.5. The van der Waals surface area contributed by atoms with Crippen LogP contribution in [0.15, 0.2) is 12.1 Å². The summed E-state index contributed by atoms with van der Waals surface area (Å²) in [7, 11) is 0. The summed E-state index contributed by atoms with van der Waals surface area (Å²) < 4.78 is 0. The minimum Gasteiger partial charge on any atom is -0.366 e. The molecule has 0 saturated carbocycles. The van der Waals surface area contributed by atoms with Gasteiger partial charge in [0.25, 0.3) is 0 Å². The van der Waals surface area contributed by atoms with Gasteiger partial charge in [0.1, 0.15) is 0 Å². The minimum atomic E-state index is -0.861. The summed E-state index contributed by atoms with van der Waals surface area (Å²) in [6, 6.07) is 2.58. The molecule has 1 aromatic carbocycles. The first-order valence-electron chi connectivity index (χ1n) is 5.26. The monoisotopic (exact) mass is 247 g/mol. The third-order valence-electron chi connectivity index (χ3n) is 2.55. The molecule has 1 amide bonds. The van der Waals surface area contributed by atoms with E-state index in [-0.39, 0.29) is 28.0 Å². The first kappa shape index (κ1) is 13.8. The number of amides is 1. The molecule has 0 aliphatic carbocycles. The largest absolute Gasteiger partial charge is 0.366 e. The summed E-state index contributed by atoms with van der Waals surface area (Å²) in [4.78, 5) is 45.7. The highest BCUT2D eigenvalue weighted by Gasteiger charge is 2.21. The van der Waals surface area contributed by atoms with Crippen LogP contribution in [0.1, 0.15) is 62.2 Å². The van der Waals surface area contributed by atoms with Gasteiger partial charge >= 0.3 is 0 Å². The summed E-state index contributed by atoms with van der Waals surface area (Å²) in [5, 5.41) is 0. The van der Waals surface area contributed by atoms with Crippen molar-refractivity contribution >= 4 is 23.3 Å². The van der Waals surface area contributed by atoms with Crippen LogP contribution >= 0.6 is 0 Å². The van der Waals surface area contributed by atoms with Gasteiger partial charge in [-0.1, -0.05) is 0 Å². The predicted molar refractivity (Wildman–Crippen MR) is 65.0 cm³/mol. The third kappa shape index (κ3) is 2.51. The number of hydrogen-bond donors (Lipinski definition) is 1. The van der Waals surface area contributed by atoms with Crippen LogP contribution in [-0.4, -0.2) is 23.3 Å². The van der Waals surface area contributed by atoms with E-state index in [1.54, 1.807) is 0 Å². The number of nitrogens with two attached hydrogens (primary N) is 1. The molecule has 2 N–H and O–H groups in total. The van der Waals surface area contributed by atoms with Crippen LogP contribution < -0.4 is 5.73 Å². The number of carbonyl (C=O) groups excluding carboxylic acids is 4. The van der Waals surface area contributed by atoms with E-state index in [1.807, 2.05) is 0 Å². The van der Waals surface area contributed by atoms with Crippen LogP contribution in [0, 0.1) is 0 Å². The molecule has 0 atom stereocenters. The van der Waals surface area contributed by atoms with Crippen LogP contribution in [0.5, 0.6) is 0 Å². The molecular formula is C13H13NO4. The Balaban J connectivity index is 3.76. The third-order valence-corrected chi connectivity index (χ3v) is 2.55. The van der Waals surface area contributed by atoms with Crippen LogP contribution in [0.25, 0.3) is 0 Å². The van der Waals surface area contributed by atoms with Crippen LogP contribution in [0.4, 0.5) is 0 Å². The van der Waals surface area contributed by atoms with Crippen molar-refractivity contribution in [2.75, 3.05) is 0 Å². The van der Waals surface area contributed by atoms with Gasteiger partial charge in [0, 0.05) is 16.7 Å². The molecule has 0 saturated heterocycles. The first-order chi connectivity index (χ1) is 8.25. The molecule has 1 rings (SSSR count). The van der Waals surface area contributed by atoms with E-state index >= 15 is 0 Å². The summed E-state index contributed by atoms with van der Waals surface area (Å²) in [5.74, 6) is -2.00. The van der Waals surface area contributed by atoms with Gasteiger partial charge in [0.2, 0.25) is 5.91 Å². The second kappa shape index (κ2) is 4.91. The summed E-state index contributed by atoms with van der Waals surface area (Å²) in [6.07, 6.45) is 0. The number of rotatable bonds is 4. The summed E-state index contributed by atoms with van der Waals surface area (Å²) >= 11 is 0. The molecule has 94 valence electrons. The van der Waals surface area contributed by atoms with Gasteiger partial charge < -0.3 is 5.73 Å². The highest BCUT2D eigenvalue weighted by molar-refractivity contribution is 6.15. The predicted octanol–water partition coefficient (Wildman–Crippen LogP) is 1.39. The number of benzene rings is 1. The highest BCUT2D eigenvalue weighted by atomic mass is 16.2. The van der Waals surface area contributed by atoms with Gasteiger partial charge in [-0.2, -0.15) is 0 Å². The summed E-state index contributed by atoms with van der Waals surface area (Å²) in [5.41, 5.74) is 5.27. The van der Waals surface area contributed by atoms with Gasteiger partial charge in [-0.25, -0.2) is 0 Å². The smallest absolute Gasteiger partial charge is 0.250 e. The van der Waals surface area contributed by atoms with Gasteiger partial charge in [-0.3, -0.25) is 19.2 Å². The molecule has 0 aliphatic rings. The van der Waals surface area contributed by atoms with E-state index in [4.69, 9.17) is 5.73 Å². The number of Topliss-reactive ketones (excluding diaryl/α,β-unsaturated/α-hetero) is 3. The Morgan fingerprint density at radius 3 is 1.44 bits per heavy atom. The Morgan fingerprint density at radius 1 is 0.833 bits per heavy atom. The maximum Gasteiger partial charge on any atom is 0.250 e. The molecule has 18 heavy (non-hydrogen) atoms. The van der Waals surface area contributed by atoms with Crippen molar-refractivity contribution in [2.45, 2.75) is 20.8 Å². The lowest BCUT2D eigenvalue weighted by Crippen LogP contribution is -2.20. The van der Waals surface area contributed by atoms with E-state index in [9.17, 15) is 19.2 Å². The number of carbonyl (C=O) groups is 4. The van der Waals surface area contributed by atoms with Crippen molar-refractivity contribution in [1.29, 1.82) is 0 Å². The Hall–Kier alpha value is -2.30. The lowest BCUT2D eigenvalue weighted by Gasteiger charge is -2.10. The van der Waals surface area contributed by atoms with E-state index in [2.05, 4.69) is 0 Å². The zero-order valence-electron chi connectivity index (χ0n) is 10.4. The Labute approximate surface area is 104 Å². The van der Waals surface area contributed by atoms with Crippen molar-refractivity contribution in [1.82, 2.24) is 0 Å². The molecule has 5 nitrogen and oxygen atoms in total. The number of ketones is 3. The molecule has 0 radical (unpaired) electrons. The van der Waals surface area contributed by atoms with E-state index < -0.39 is 17.5 Å². The molecule has 0 unspecified atom stereocenters. The van der Waals surface area contributed by atoms with Crippen molar-refractivity contribution < 1.29 is 19.2 Å². The Bertz CT molecular complexity index is 537. The molecule has 5 heteroatoms. The molecule has 1 aromatic rings. The molecule has 0 fully saturated rings. The first-order valence-corrected chi connectivity index (χ1v) is 5.26. The summed E-state index contributed by atoms with van der Waals surface area (Å²) in [6.45, 7) is 3.80. The second-order valence-corrected chi connectivity index (χ2v) is 3.98. The normalized spacial score (nSPS) is 9.94. The van der Waals surface area contributed by atoms with E-state index in [1.165, 1.54) is 32.9 Å². The molecule has 0 aliphatic heterocycles. The number of primary amides is 1. The fourth-order valence-corrected chi connectivity index (χ4v) is 1.67. The van der Waals surface area contributed by atoms with E-state index in [0.717, 1.165) is 0 Å². The van der Waals surface area contributed by atoms with Crippen molar-refractivity contribution in [3.05, 3.63) is 34.4 Å². The second-order valence-electron chi connectivity index (χ2n) is 3.98. The van der Waals surface area contributed by atoms with Crippen LogP contribution in [-0.2, 0) is 0 Å².